The molecule has 0 bridgehead atoms. The van der Waals surface area contributed by atoms with Crippen LogP contribution < -0.4 is 19.3 Å². The van der Waals surface area contributed by atoms with Gasteiger partial charge in [0.1, 0.15) is 0 Å². The number of rotatable bonds is 3. The topological polar surface area (TPSA) is 24.9 Å². The molecule has 2 aliphatic heterocycles. The molecule has 4 nitrogen and oxygen atoms in total. The Morgan fingerprint density at radius 3 is 1.46 bits per heavy atom. The van der Waals surface area contributed by atoms with Crippen molar-refractivity contribution < 1.29 is 9.47 Å². The second kappa shape index (κ2) is 12.1. The molecule has 0 aromatic heterocycles. The van der Waals surface area contributed by atoms with Crippen LogP contribution >= 0.6 is 0 Å². The minimum absolute atomic E-state index is 0.533. The van der Waals surface area contributed by atoms with Crippen LogP contribution in [-0.4, -0.2) is 0 Å². The number of nitrogens with zero attached hydrogens (tertiary/aromatic N) is 2. The van der Waals surface area contributed by atoms with Gasteiger partial charge in [0.25, 0.3) is 0 Å². The van der Waals surface area contributed by atoms with E-state index in [1.165, 1.54) is 33.4 Å². The van der Waals surface area contributed by atoms with Crippen LogP contribution in [0.2, 0.25) is 0 Å². The van der Waals surface area contributed by atoms with Crippen molar-refractivity contribution in [2.45, 2.75) is 5.41 Å². The number of hydrogen-bond donors (Lipinski definition) is 0. The average Bonchev–Trinajstić information content (AvgIpc) is 3.77. The molecular weight excluding hydrogens is 721 g/mol. The first-order valence-corrected chi connectivity index (χ1v) is 20.2. The highest BCUT2D eigenvalue weighted by atomic mass is 16.6. The van der Waals surface area contributed by atoms with E-state index in [2.05, 4.69) is 192 Å². The van der Waals surface area contributed by atoms with Crippen LogP contribution in [0.4, 0.5) is 34.1 Å². The molecule has 9 aromatic carbocycles. The summed E-state index contributed by atoms with van der Waals surface area (Å²) >= 11 is 0. The van der Waals surface area contributed by atoms with E-state index < -0.39 is 5.41 Å². The van der Waals surface area contributed by atoms with E-state index in [4.69, 9.17) is 9.47 Å². The molecule has 0 amide bonds. The van der Waals surface area contributed by atoms with Gasteiger partial charge in [-0.15, -0.1) is 0 Å². The summed E-state index contributed by atoms with van der Waals surface area (Å²) in [6.07, 6.45) is 0. The molecule has 0 atom stereocenters. The number of fused-ring (bicyclic) bond motifs is 15. The number of anilines is 6. The summed E-state index contributed by atoms with van der Waals surface area (Å²) in [5, 5.41) is 0. The lowest BCUT2D eigenvalue weighted by molar-refractivity contribution is 0.360. The van der Waals surface area contributed by atoms with E-state index in [9.17, 15) is 0 Å². The van der Waals surface area contributed by atoms with Gasteiger partial charge in [0.05, 0.1) is 28.2 Å². The molecular formula is C55H34N2O2. The SMILES string of the molecule is c1ccc(N2c3ccccc3N(c3ccc(-c4ccc5c(c4)C4(c6ccccc6-c6ccccc64)c4ccc6c(c4-5)Oc4ccccc4O6)cc3)c3ccccc32)cc1. The fraction of sp³-hybridized carbons (Fsp3) is 0.0182. The third-order valence-corrected chi connectivity index (χ3v) is 12.7. The Bertz CT molecular complexity index is 3100. The molecule has 9 aromatic rings. The number of benzene rings is 9. The van der Waals surface area contributed by atoms with Gasteiger partial charge in [-0.05, 0) is 123 Å². The predicted molar refractivity (Wildman–Crippen MR) is 238 cm³/mol. The summed E-state index contributed by atoms with van der Waals surface area (Å²) in [5.74, 6) is 2.96. The van der Waals surface area contributed by atoms with Crippen molar-refractivity contribution in [3.8, 4) is 56.4 Å². The molecule has 1 spiro atoms. The zero-order valence-electron chi connectivity index (χ0n) is 31.8. The van der Waals surface area contributed by atoms with E-state index in [0.29, 0.717) is 0 Å². The van der Waals surface area contributed by atoms with E-state index in [0.717, 1.165) is 79.4 Å². The first-order chi connectivity index (χ1) is 29.3. The Morgan fingerprint density at radius 1 is 0.322 bits per heavy atom. The maximum Gasteiger partial charge on any atom is 0.178 e. The van der Waals surface area contributed by atoms with Crippen molar-refractivity contribution in [2.75, 3.05) is 9.80 Å². The summed E-state index contributed by atoms with van der Waals surface area (Å²) in [4.78, 5) is 4.75. The van der Waals surface area contributed by atoms with Crippen molar-refractivity contribution in [1.82, 2.24) is 0 Å². The van der Waals surface area contributed by atoms with E-state index in [-0.39, 0.29) is 0 Å². The molecule has 0 radical (unpaired) electrons. The van der Waals surface area contributed by atoms with Crippen LogP contribution in [0.25, 0.3) is 33.4 Å². The van der Waals surface area contributed by atoms with Gasteiger partial charge in [0.15, 0.2) is 23.0 Å². The van der Waals surface area contributed by atoms with Gasteiger partial charge < -0.3 is 19.3 Å². The third-order valence-electron chi connectivity index (χ3n) is 12.7. The van der Waals surface area contributed by atoms with Crippen LogP contribution in [0.5, 0.6) is 23.0 Å². The largest absolute Gasteiger partial charge is 0.449 e. The number of hydrogen-bond acceptors (Lipinski definition) is 4. The smallest absolute Gasteiger partial charge is 0.178 e. The summed E-state index contributed by atoms with van der Waals surface area (Å²) in [7, 11) is 0. The molecule has 276 valence electrons. The van der Waals surface area contributed by atoms with Crippen LogP contribution in [0.1, 0.15) is 22.3 Å². The van der Waals surface area contributed by atoms with Gasteiger partial charge >= 0.3 is 0 Å². The minimum atomic E-state index is -0.533. The summed E-state index contributed by atoms with van der Waals surface area (Å²) < 4.78 is 13.3. The van der Waals surface area contributed by atoms with Crippen LogP contribution in [-0.2, 0) is 5.41 Å². The van der Waals surface area contributed by atoms with E-state index in [1.54, 1.807) is 0 Å². The predicted octanol–water partition coefficient (Wildman–Crippen LogP) is 14.8. The normalized spacial score (nSPS) is 14.1. The Hall–Kier alpha value is -7.82. The fourth-order valence-electron chi connectivity index (χ4n) is 10.3. The second-order valence-corrected chi connectivity index (χ2v) is 15.6. The quantitative estimate of drug-likeness (QED) is 0.179. The Labute approximate surface area is 342 Å². The van der Waals surface area contributed by atoms with Crippen molar-refractivity contribution in [3.05, 3.63) is 229 Å². The maximum atomic E-state index is 6.79. The van der Waals surface area contributed by atoms with Crippen LogP contribution in [0.15, 0.2) is 206 Å². The van der Waals surface area contributed by atoms with Crippen molar-refractivity contribution in [1.29, 1.82) is 0 Å². The maximum absolute atomic E-state index is 6.79. The number of ether oxygens (including phenoxy) is 2. The highest BCUT2D eigenvalue weighted by Crippen LogP contribution is 2.66. The van der Waals surface area contributed by atoms with Gasteiger partial charge in [0, 0.05) is 16.9 Å². The van der Waals surface area contributed by atoms with Crippen molar-refractivity contribution in [3.63, 3.8) is 0 Å². The first kappa shape index (κ1) is 32.3. The molecule has 4 aliphatic rings. The lowest BCUT2D eigenvalue weighted by atomic mass is 9.70. The molecule has 2 aliphatic carbocycles. The summed E-state index contributed by atoms with van der Waals surface area (Å²) in [5.41, 5.74) is 18.4. The molecule has 0 N–H and O–H groups in total. The lowest BCUT2D eigenvalue weighted by Crippen LogP contribution is -2.26. The van der Waals surface area contributed by atoms with E-state index in [1.807, 2.05) is 24.3 Å². The molecule has 2 heterocycles. The molecule has 0 fully saturated rings. The summed E-state index contributed by atoms with van der Waals surface area (Å²) in [6, 6.07) is 74.2. The zero-order valence-corrected chi connectivity index (χ0v) is 31.8. The Morgan fingerprint density at radius 2 is 0.831 bits per heavy atom. The highest BCUT2D eigenvalue weighted by Gasteiger charge is 2.53. The van der Waals surface area contributed by atoms with Crippen LogP contribution in [0, 0.1) is 0 Å². The standard InChI is InChI=1S/C55H34N2O2/c1-2-14-37(15-3-1)56-46-20-8-10-22-48(46)57(49-23-11-9-21-47(49)56)38-29-26-35(27-30-38)36-28-31-41-45(34-36)55(42-18-6-4-16-39(42)40-17-5-7-19-43(40)55)44-32-33-52-54(53(41)44)59-51-25-13-12-24-50(51)58-52/h1-34H. The van der Waals surface area contributed by atoms with Gasteiger partial charge in [-0.3, -0.25) is 0 Å². The fourth-order valence-corrected chi connectivity index (χ4v) is 10.3. The summed E-state index contributed by atoms with van der Waals surface area (Å²) in [6.45, 7) is 0. The minimum Gasteiger partial charge on any atom is -0.449 e. The van der Waals surface area contributed by atoms with E-state index >= 15 is 0 Å². The monoisotopic (exact) mass is 754 g/mol. The molecule has 59 heavy (non-hydrogen) atoms. The van der Waals surface area contributed by atoms with Gasteiger partial charge in [0.2, 0.25) is 0 Å². The number of para-hydroxylation sites is 7. The molecule has 13 rings (SSSR count). The van der Waals surface area contributed by atoms with Gasteiger partial charge in [-0.2, -0.15) is 0 Å². The van der Waals surface area contributed by atoms with Crippen molar-refractivity contribution >= 4 is 34.1 Å². The van der Waals surface area contributed by atoms with Crippen molar-refractivity contribution in [2.24, 2.45) is 0 Å². The molecule has 0 unspecified atom stereocenters. The highest BCUT2D eigenvalue weighted by molar-refractivity contribution is 6.02. The second-order valence-electron chi connectivity index (χ2n) is 15.6. The van der Waals surface area contributed by atoms with Gasteiger partial charge in [-0.1, -0.05) is 133 Å². The molecule has 4 heteroatoms. The first-order valence-electron chi connectivity index (χ1n) is 20.2. The Balaban J connectivity index is 0.972. The molecule has 0 saturated heterocycles. The Kier molecular flexibility index (Phi) is 6.62. The lowest BCUT2D eigenvalue weighted by Gasteiger charge is -2.40. The third kappa shape index (κ3) is 4.37. The van der Waals surface area contributed by atoms with Crippen LogP contribution in [0.3, 0.4) is 0 Å². The zero-order chi connectivity index (χ0) is 38.7. The average molecular weight is 755 g/mol. The van der Waals surface area contributed by atoms with Gasteiger partial charge in [-0.25, -0.2) is 0 Å². The molecule has 0 saturated carbocycles.